The van der Waals surface area contributed by atoms with Crippen molar-refractivity contribution in [3.8, 4) is 11.4 Å². The number of hydrogen-bond donors (Lipinski definition) is 1. The summed E-state index contributed by atoms with van der Waals surface area (Å²) in [6, 6.07) is 6.08. The first kappa shape index (κ1) is 21.0. The van der Waals surface area contributed by atoms with Gasteiger partial charge in [0.15, 0.2) is 11.0 Å². The van der Waals surface area contributed by atoms with Crippen LogP contribution in [0, 0.1) is 24.0 Å². The quantitative estimate of drug-likeness (QED) is 0.316. The molecule has 152 valence electrons. The molecular weight excluding hydrogens is 410 g/mol. The number of rotatable bonds is 8. The van der Waals surface area contributed by atoms with Gasteiger partial charge in [0.1, 0.15) is 5.69 Å². The lowest BCUT2D eigenvalue weighted by Crippen LogP contribution is -2.15. The molecule has 1 aromatic carbocycles. The molecule has 1 amide bonds. The van der Waals surface area contributed by atoms with E-state index in [0.29, 0.717) is 5.16 Å². The predicted molar refractivity (Wildman–Crippen MR) is 116 cm³/mol. The Morgan fingerprint density at radius 2 is 2.07 bits per heavy atom. The maximum absolute atomic E-state index is 12.4. The van der Waals surface area contributed by atoms with E-state index >= 15 is 0 Å². The molecule has 0 aliphatic carbocycles. The average Bonchev–Trinajstić information content (AvgIpc) is 3.24. The van der Waals surface area contributed by atoms with Gasteiger partial charge in [0.05, 0.1) is 10.7 Å². The smallest absolute Gasteiger partial charge is 0.292 e. The molecule has 0 aliphatic rings. The minimum Gasteiger partial charge on any atom is -0.320 e. The molecule has 0 fully saturated rings. The first-order chi connectivity index (χ1) is 13.9. The molecule has 0 saturated heterocycles. The molecule has 2 heterocycles. The number of nitrogens with zero attached hydrogens (tertiary/aromatic N) is 4. The third-order valence-electron chi connectivity index (χ3n) is 4.40. The summed E-state index contributed by atoms with van der Waals surface area (Å²) in [7, 11) is 0. The Hall–Kier alpha value is -2.72. The number of carbonyl (C=O) groups is 1. The van der Waals surface area contributed by atoms with Crippen LogP contribution in [0.3, 0.4) is 0 Å². The summed E-state index contributed by atoms with van der Waals surface area (Å²) in [4.78, 5) is 24.2. The highest BCUT2D eigenvalue weighted by atomic mass is 32.2. The second-order valence-electron chi connectivity index (χ2n) is 6.40. The highest BCUT2D eigenvalue weighted by Crippen LogP contribution is 2.32. The lowest BCUT2D eigenvalue weighted by atomic mass is 10.1. The maximum Gasteiger partial charge on any atom is 0.292 e. The fourth-order valence-electron chi connectivity index (χ4n) is 2.81. The number of hydrogen-bond acceptors (Lipinski definition) is 7. The van der Waals surface area contributed by atoms with Crippen LogP contribution in [0.2, 0.25) is 0 Å². The lowest BCUT2D eigenvalue weighted by Gasteiger charge is -2.09. The normalized spacial score (nSPS) is 10.9. The molecule has 0 bridgehead atoms. The SMILES string of the molecule is CCCn1c(SCC(=O)Nc2ccccc2[N+](=O)[O-])nnc1-c1csc(C)c1C. The Balaban J connectivity index is 1.75. The van der Waals surface area contributed by atoms with Crippen LogP contribution in [0.25, 0.3) is 11.4 Å². The molecule has 3 aromatic rings. The molecule has 1 N–H and O–H groups in total. The topological polar surface area (TPSA) is 103 Å². The summed E-state index contributed by atoms with van der Waals surface area (Å²) >= 11 is 2.95. The number of nitro groups is 1. The van der Waals surface area contributed by atoms with Crippen molar-refractivity contribution in [2.45, 2.75) is 38.9 Å². The van der Waals surface area contributed by atoms with Gasteiger partial charge in [0.2, 0.25) is 5.91 Å². The Kier molecular flexibility index (Phi) is 6.65. The van der Waals surface area contributed by atoms with Gasteiger partial charge in [-0.1, -0.05) is 30.8 Å². The monoisotopic (exact) mass is 431 g/mol. The molecule has 10 heteroatoms. The van der Waals surface area contributed by atoms with Crippen molar-refractivity contribution in [1.82, 2.24) is 14.8 Å². The van der Waals surface area contributed by atoms with Crippen molar-refractivity contribution in [1.29, 1.82) is 0 Å². The van der Waals surface area contributed by atoms with Crippen molar-refractivity contribution in [2.75, 3.05) is 11.1 Å². The highest BCUT2D eigenvalue weighted by Gasteiger charge is 2.19. The molecule has 29 heavy (non-hydrogen) atoms. The number of aryl methyl sites for hydroxylation is 1. The lowest BCUT2D eigenvalue weighted by molar-refractivity contribution is -0.383. The number of amides is 1. The summed E-state index contributed by atoms with van der Waals surface area (Å²) in [6.07, 6.45) is 0.906. The van der Waals surface area contributed by atoms with Crippen LogP contribution in [0.15, 0.2) is 34.8 Å². The Morgan fingerprint density at radius 3 is 2.72 bits per heavy atom. The van der Waals surface area contributed by atoms with Crippen molar-refractivity contribution in [2.24, 2.45) is 0 Å². The van der Waals surface area contributed by atoms with E-state index in [9.17, 15) is 14.9 Å². The van der Waals surface area contributed by atoms with Gasteiger partial charge in [-0.2, -0.15) is 0 Å². The highest BCUT2D eigenvalue weighted by molar-refractivity contribution is 7.99. The average molecular weight is 432 g/mol. The summed E-state index contributed by atoms with van der Waals surface area (Å²) < 4.78 is 2.03. The van der Waals surface area contributed by atoms with Crippen LogP contribution in [0.1, 0.15) is 23.8 Å². The van der Waals surface area contributed by atoms with Crippen molar-refractivity contribution >= 4 is 40.4 Å². The predicted octanol–water partition coefficient (Wildman–Crippen LogP) is 4.67. The van der Waals surface area contributed by atoms with Gasteiger partial charge >= 0.3 is 0 Å². The van der Waals surface area contributed by atoms with Gasteiger partial charge in [-0.05, 0) is 31.9 Å². The number of nitrogens with one attached hydrogen (secondary N) is 1. The molecule has 3 rings (SSSR count). The van der Waals surface area contributed by atoms with Gasteiger partial charge in [-0.15, -0.1) is 21.5 Å². The van der Waals surface area contributed by atoms with Crippen molar-refractivity contribution in [3.05, 3.63) is 50.2 Å². The summed E-state index contributed by atoms with van der Waals surface area (Å²) in [5.41, 5.74) is 2.30. The van der Waals surface area contributed by atoms with E-state index in [2.05, 4.69) is 41.7 Å². The number of benzene rings is 1. The molecule has 8 nitrogen and oxygen atoms in total. The van der Waals surface area contributed by atoms with E-state index in [1.807, 2.05) is 4.57 Å². The van der Waals surface area contributed by atoms with Gasteiger partial charge in [0, 0.05) is 28.4 Å². The Labute approximate surface area is 176 Å². The van der Waals surface area contributed by atoms with E-state index in [4.69, 9.17) is 0 Å². The fourth-order valence-corrected chi connectivity index (χ4v) is 4.44. The first-order valence-corrected chi connectivity index (χ1v) is 10.9. The number of thioether (sulfide) groups is 1. The second kappa shape index (κ2) is 9.19. The molecule has 0 unspecified atom stereocenters. The minimum absolute atomic E-state index is 0.0789. The largest absolute Gasteiger partial charge is 0.320 e. The maximum atomic E-state index is 12.4. The number of anilines is 1. The summed E-state index contributed by atoms with van der Waals surface area (Å²) in [6.45, 7) is 6.96. The zero-order valence-corrected chi connectivity index (χ0v) is 18.0. The second-order valence-corrected chi connectivity index (χ2v) is 8.43. The zero-order valence-electron chi connectivity index (χ0n) is 16.3. The van der Waals surface area contributed by atoms with Gasteiger partial charge in [-0.3, -0.25) is 14.9 Å². The van der Waals surface area contributed by atoms with Gasteiger partial charge in [0.25, 0.3) is 5.69 Å². The summed E-state index contributed by atoms with van der Waals surface area (Å²) in [5, 5.41) is 25.1. The van der Waals surface area contributed by atoms with Gasteiger partial charge in [-0.25, -0.2) is 0 Å². The molecule has 0 spiro atoms. The fraction of sp³-hybridized carbons (Fsp3) is 0.316. The molecule has 2 aromatic heterocycles. The van der Waals surface area contributed by atoms with Crippen LogP contribution in [-0.2, 0) is 11.3 Å². The standard InChI is InChI=1S/C19H21N5O3S2/c1-4-9-23-18(14-10-28-13(3)12(14)2)21-22-19(23)29-11-17(25)20-15-7-5-6-8-16(15)24(26)27/h5-8,10H,4,9,11H2,1-3H3,(H,20,25). The molecule has 0 radical (unpaired) electrons. The molecule has 0 aliphatic heterocycles. The van der Waals surface area contributed by atoms with E-state index in [1.165, 1.54) is 34.3 Å². The van der Waals surface area contributed by atoms with Crippen LogP contribution in [-0.4, -0.2) is 31.3 Å². The van der Waals surface area contributed by atoms with E-state index in [-0.39, 0.29) is 23.0 Å². The minimum atomic E-state index is -0.516. The van der Waals surface area contributed by atoms with Crippen molar-refractivity contribution in [3.63, 3.8) is 0 Å². The third-order valence-corrected chi connectivity index (χ3v) is 6.38. The summed E-state index contributed by atoms with van der Waals surface area (Å²) in [5.74, 6) is 0.546. The first-order valence-electron chi connectivity index (χ1n) is 9.06. The number of carbonyl (C=O) groups excluding carboxylic acids is 1. The van der Waals surface area contributed by atoms with Gasteiger partial charge < -0.3 is 9.88 Å². The molecule has 0 saturated carbocycles. The third kappa shape index (κ3) is 4.65. The van der Waals surface area contributed by atoms with Crippen LogP contribution < -0.4 is 5.32 Å². The molecular formula is C19H21N5O3S2. The van der Waals surface area contributed by atoms with E-state index in [1.54, 1.807) is 23.5 Å². The van der Waals surface area contributed by atoms with Crippen LogP contribution >= 0.6 is 23.1 Å². The molecule has 0 atom stereocenters. The number of para-hydroxylation sites is 2. The zero-order chi connectivity index (χ0) is 21.0. The van der Waals surface area contributed by atoms with Crippen LogP contribution in [0.5, 0.6) is 0 Å². The number of thiophene rings is 1. The number of nitro benzene ring substituents is 1. The Bertz CT molecular complexity index is 1040. The van der Waals surface area contributed by atoms with Crippen LogP contribution in [0.4, 0.5) is 11.4 Å². The van der Waals surface area contributed by atoms with E-state index in [0.717, 1.165) is 24.4 Å². The Morgan fingerprint density at radius 1 is 1.31 bits per heavy atom. The van der Waals surface area contributed by atoms with E-state index < -0.39 is 4.92 Å². The van der Waals surface area contributed by atoms with Crippen molar-refractivity contribution < 1.29 is 9.72 Å². The number of aromatic nitrogens is 3.